The van der Waals surface area contributed by atoms with Crippen LogP contribution in [0.4, 0.5) is 0 Å². The van der Waals surface area contributed by atoms with Crippen LogP contribution < -0.4 is 14.9 Å². The first-order valence-electron chi connectivity index (χ1n) is 12.6. The Labute approximate surface area is 237 Å². The second-order valence-electron chi connectivity index (χ2n) is 9.21. The molecule has 0 aliphatic heterocycles. The van der Waals surface area contributed by atoms with Crippen molar-refractivity contribution in [1.82, 2.24) is 9.99 Å². The predicted molar refractivity (Wildman–Crippen MR) is 152 cm³/mol. The molecular weight excluding hydrogens is 534 g/mol. The Hall–Kier alpha value is -4.50. The van der Waals surface area contributed by atoms with Gasteiger partial charge in [-0.2, -0.15) is 5.10 Å². The van der Waals surface area contributed by atoms with Crippen LogP contribution in [0.25, 0.3) is 5.69 Å². The molecule has 0 aliphatic carbocycles. The molecule has 0 saturated carbocycles. The minimum absolute atomic E-state index is 0.0728. The number of carbonyl (C=O) groups excluding carboxylic acids is 2. The number of ether oxygens (including phenoxy) is 3. The molecule has 0 spiro atoms. The summed E-state index contributed by atoms with van der Waals surface area (Å²) in [4.78, 5) is 24.3. The predicted octanol–water partition coefficient (Wildman–Crippen LogP) is 6.01. The number of aromatic nitrogens is 1. The molecule has 10 heteroatoms. The van der Waals surface area contributed by atoms with Crippen molar-refractivity contribution >= 4 is 29.7 Å². The van der Waals surface area contributed by atoms with E-state index in [1.165, 1.54) is 6.21 Å². The van der Waals surface area contributed by atoms with Gasteiger partial charge in [0.25, 0.3) is 0 Å². The largest absolute Gasteiger partial charge is 0.486 e. The number of hydrogen-bond acceptors (Lipinski definition) is 7. The molecule has 208 valence electrons. The van der Waals surface area contributed by atoms with Crippen LogP contribution >= 0.6 is 11.6 Å². The molecule has 1 amide bonds. The van der Waals surface area contributed by atoms with Gasteiger partial charge in [-0.3, -0.25) is 4.79 Å². The lowest BCUT2D eigenvalue weighted by Crippen LogP contribution is -2.19. The average Bonchev–Trinajstić information content (AvgIpc) is 3.53. The lowest BCUT2D eigenvalue weighted by atomic mass is 10.2. The maximum atomic E-state index is 12.5. The van der Waals surface area contributed by atoms with E-state index < -0.39 is 11.9 Å². The molecular formula is C30H30ClN3O6. The normalized spacial score (nSPS) is 11.2. The Morgan fingerprint density at radius 2 is 1.73 bits per heavy atom. The number of nitrogens with one attached hydrogen (secondary N) is 1. The van der Waals surface area contributed by atoms with E-state index in [2.05, 4.69) is 41.1 Å². The third-order valence-electron chi connectivity index (χ3n) is 5.69. The summed E-state index contributed by atoms with van der Waals surface area (Å²) >= 11 is 6.08. The first-order chi connectivity index (χ1) is 19.2. The van der Waals surface area contributed by atoms with Gasteiger partial charge in [-0.1, -0.05) is 11.6 Å². The minimum atomic E-state index is -0.547. The van der Waals surface area contributed by atoms with Crippen LogP contribution in [0, 0.1) is 13.8 Å². The lowest BCUT2D eigenvalue weighted by molar-refractivity contribution is -0.149. The number of halogens is 1. The zero-order valence-electron chi connectivity index (χ0n) is 22.6. The van der Waals surface area contributed by atoms with Crippen molar-refractivity contribution in [1.29, 1.82) is 0 Å². The average molecular weight is 564 g/mol. The van der Waals surface area contributed by atoms with Crippen molar-refractivity contribution in [2.75, 3.05) is 6.61 Å². The van der Waals surface area contributed by atoms with Gasteiger partial charge in [-0.05, 0) is 94.4 Å². The monoisotopic (exact) mass is 563 g/mol. The Balaban J connectivity index is 1.31. The zero-order valence-corrected chi connectivity index (χ0v) is 23.4. The Kier molecular flexibility index (Phi) is 9.29. The van der Waals surface area contributed by atoms with E-state index in [1.807, 2.05) is 24.3 Å². The van der Waals surface area contributed by atoms with Crippen LogP contribution in [0.3, 0.4) is 0 Å². The van der Waals surface area contributed by atoms with Crippen molar-refractivity contribution in [2.45, 2.75) is 40.4 Å². The second-order valence-corrected chi connectivity index (χ2v) is 9.65. The fraction of sp³-hybridized carbons (Fsp3) is 0.233. The Bertz CT molecular complexity index is 1480. The van der Waals surface area contributed by atoms with Gasteiger partial charge >= 0.3 is 11.9 Å². The molecule has 2 aromatic carbocycles. The topological polar surface area (TPSA) is 104 Å². The van der Waals surface area contributed by atoms with Crippen LogP contribution in [0.1, 0.15) is 47.1 Å². The van der Waals surface area contributed by atoms with Crippen LogP contribution in [-0.4, -0.2) is 35.4 Å². The molecule has 0 saturated heterocycles. The van der Waals surface area contributed by atoms with Gasteiger partial charge in [0.2, 0.25) is 0 Å². The Morgan fingerprint density at radius 3 is 2.42 bits per heavy atom. The first kappa shape index (κ1) is 28.5. The lowest BCUT2D eigenvalue weighted by Gasteiger charge is -2.11. The smallest absolute Gasteiger partial charge is 0.344 e. The molecule has 0 radical (unpaired) electrons. The molecule has 9 nitrogen and oxygen atoms in total. The molecule has 4 aromatic rings. The van der Waals surface area contributed by atoms with Crippen LogP contribution in [0.15, 0.2) is 76.2 Å². The molecule has 0 atom stereocenters. The van der Waals surface area contributed by atoms with Crippen molar-refractivity contribution < 1.29 is 28.2 Å². The molecule has 40 heavy (non-hydrogen) atoms. The number of carbonyl (C=O) groups is 2. The standard InChI is InChI=1S/C30H30ClN3O6/c1-19(2)39-29(35)18-38-27-13-7-23(31)15-22(27)16-32-33-30(36)28-14-12-26(40-28)17-37-25-10-8-24(9-11-25)34-20(3)5-6-21(34)4/h5-16,19H,17-18H2,1-4H3,(H,33,36)/b32-16+. The SMILES string of the molecule is Cc1ccc(C)n1-c1ccc(OCc2ccc(C(=O)N/N=C/c3cc(Cl)ccc3OCC(=O)OC(C)C)o2)cc1. The van der Waals surface area contributed by atoms with Gasteiger partial charge in [0.05, 0.1) is 12.3 Å². The molecule has 0 unspecified atom stereocenters. The Morgan fingerprint density at radius 1 is 1.00 bits per heavy atom. The summed E-state index contributed by atoms with van der Waals surface area (Å²) in [6, 6.07) is 19.9. The summed E-state index contributed by atoms with van der Waals surface area (Å²) in [6.07, 6.45) is 1.11. The highest BCUT2D eigenvalue weighted by Gasteiger charge is 2.13. The van der Waals surface area contributed by atoms with Crippen molar-refractivity contribution in [3.63, 3.8) is 0 Å². The van der Waals surface area contributed by atoms with E-state index in [0.29, 0.717) is 27.8 Å². The molecule has 4 rings (SSSR count). The van der Waals surface area contributed by atoms with Crippen molar-refractivity contribution in [2.24, 2.45) is 5.10 Å². The number of amides is 1. The summed E-state index contributed by atoms with van der Waals surface area (Å²) in [5.41, 5.74) is 6.23. The van der Waals surface area contributed by atoms with E-state index in [-0.39, 0.29) is 25.1 Å². The van der Waals surface area contributed by atoms with Gasteiger partial charge in [-0.25, -0.2) is 10.2 Å². The molecule has 1 N–H and O–H groups in total. The molecule has 0 fully saturated rings. The number of esters is 1. The summed E-state index contributed by atoms with van der Waals surface area (Å²) in [7, 11) is 0. The third-order valence-corrected chi connectivity index (χ3v) is 5.92. The number of hydrazone groups is 1. The highest BCUT2D eigenvalue weighted by Crippen LogP contribution is 2.22. The summed E-state index contributed by atoms with van der Waals surface area (Å²) in [5.74, 6) is 0.535. The molecule has 2 heterocycles. The number of benzene rings is 2. The first-order valence-corrected chi connectivity index (χ1v) is 13.0. The molecule has 2 aromatic heterocycles. The zero-order chi connectivity index (χ0) is 28.6. The number of furan rings is 1. The van der Waals surface area contributed by atoms with Crippen LogP contribution in [0.2, 0.25) is 5.02 Å². The molecule has 0 aliphatic rings. The second kappa shape index (κ2) is 13.0. The maximum Gasteiger partial charge on any atom is 0.344 e. The van der Waals surface area contributed by atoms with Crippen molar-refractivity contribution in [3.8, 4) is 17.2 Å². The minimum Gasteiger partial charge on any atom is -0.486 e. The summed E-state index contributed by atoms with van der Waals surface area (Å²) < 4.78 is 24.2. The van der Waals surface area contributed by atoms with Gasteiger partial charge in [0.1, 0.15) is 23.9 Å². The summed E-state index contributed by atoms with van der Waals surface area (Å²) in [5, 5.41) is 4.40. The quantitative estimate of drug-likeness (QED) is 0.136. The van der Waals surface area contributed by atoms with Crippen LogP contribution in [0.5, 0.6) is 11.5 Å². The fourth-order valence-corrected chi connectivity index (χ4v) is 4.08. The van der Waals surface area contributed by atoms with Crippen molar-refractivity contribution in [3.05, 3.63) is 100 Å². The van der Waals surface area contributed by atoms with E-state index in [4.69, 9.17) is 30.2 Å². The number of hydrogen-bond donors (Lipinski definition) is 1. The van der Waals surface area contributed by atoms with Gasteiger partial charge in [0, 0.05) is 27.7 Å². The number of aryl methyl sites for hydroxylation is 2. The van der Waals surface area contributed by atoms with E-state index in [1.54, 1.807) is 44.2 Å². The highest BCUT2D eigenvalue weighted by molar-refractivity contribution is 6.30. The van der Waals surface area contributed by atoms with E-state index >= 15 is 0 Å². The van der Waals surface area contributed by atoms with E-state index in [9.17, 15) is 9.59 Å². The van der Waals surface area contributed by atoms with Gasteiger partial charge in [-0.15, -0.1) is 0 Å². The number of rotatable bonds is 11. The van der Waals surface area contributed by atoms with Gasteiger partial charge < -0.3 is 23.2 Å². The van der Waals surface area contributed by atoms with Crippen LogP contribution in [-0.2, 0) is 16.1 Å². The van der Waals surface area contributed by atoms with E-state index in [0.717, 1.165) is 17.1 Å². The van der Waals surface area contributed by atoms with Gasteiger partial charge in [0.15, 0.2) is 12.4 Å². The highest BCUT2D eigenvalue weighted by atomic mass is 35.5. The third kappa shape index (κ3) is 7.54. The number of nitrogens with zero attached hydrogens (tertiary/aromatic N) is 2. The fourth-order valence-electron chi connectivity index (χ4n) is 3.90. The molecule has 0 bridgehead atoms. The summed E-state index contributed by atoms with van der Waals surface area (Å²) in [6.45, 7) is 7.50. The maximum absolute atomic E-state index is 12.5.